The quantitative estimate of drug-likeness (QED) is 0.417. The molecule has 4 aromatic rings. The molecule has 1 aromatic heterocycles. The lowest BCUT2D eigenvalue weighted by Gasteiger charge is -2.47. The van der Waals surface area contributed by atoms with Crippen molar-refractivity contribution in [1.82, 2.24) is 14.8 Å². The summed E-state index contributed by atoms with van der Waals surface area (Å²) in [6.45, 7) is 0.300. The molecule has 2 aliphatic rings. The summed E-state index contributed by atoms with van der Waals surface area (Å²) in [5.74, 6) is 1.03. The molecule has 8 heteroatoms. The number of amides is 2. The van der Waals surface area contributed by atoms with Crippen LogP contribution in [0.15, 0.2) is 66.7 Å². The molecule has 1 fully saturated rings. The fourth-order valence-corrected chi connectivity index (χ4v) is 5.88. The molecule has 0 aliphatic carbocycles. The molecule has 1 unspecified atom stereocenters. The van der Waals surface area contributed by atoms with Gasteiger partial charge >= 0.3 is 0 Å². The molecule has 0 bridgehead atoms. The molecule has 1 saturated heterocycles. The van der Waals surface area contributed by atoms with Crippen LogP contribution in [-0.4, -0.2) is 53.4 Å². The summed E-state index contributed by atoms with van der Waals surface area (Å²) >= 11 is 6.36. The Morgan fingerprint density at radius 2 is 1.78 bits per heavy atom. The number of aromatic nitrogens is 1. The Morgan fingerprint density at radius 1 is 0.973 bits per heavy atom. The molecule has 2 amide bonds. The summed E-state index contributed by atoms with van der Waals surface area (Å²) in [7, 11) is 3.16. The summed E-state index contributed by atoms with van der Waals surface area (Å²) in [6.07, 6.45) is 0.448. The number of hydrogen-bond donors (Lipinski definition) is 1. The molecule has 0 spiro atoms. The summed E-state index contributed by atoms with van der Waals surface area (Å²) in [5, 5.41) is 1.66. The van der Waals surface area contributed by atoms with E-state index in [4.69, 9.17) is 21.1 Å². The van der Waals surface area contributed by atoms with Gasteiger partial charge in [0.2, 0.25) is 11.8 Å². The number of nitrogens with zero attached hydrogens (tertiary/aromatic N) is 2. The third-order valence-electron chi connectivity index (χ3n) is 7.33. The number of H-pyrrole nitrogens is 1. The zero-order valence-electron chi connectivity index (χ0n) is 20.5. The second kappa shape index (κ2) is 9.16. The van der Waals surface area contributed by atoms with E-state index in [1.54, 1.807) is 24.0 Å². The molecule has 3 aromatic carbocycles. The van der Waals surface area contributed by atoms with Crippen LogP contribution in [0.4, 0.5) is 0 Å². The first-order valence-corrected chi connectivity index (χ1v) is 12.5. The Hall–Kier alpha value is -3.97. The number of para-hydroxylation sites is 1. The smallest absolute Gasteiger partial charge is 0.246 e. The van der Waals surface area contributed by atoms with E-state index < -0.39 is 12.1 Å². The van der Waals surface area contributed by atoms with E-state index in [1.807, 2.05) is 60.7 Å². The van der Waals surface area contributed by atoms with E-state index in [-0.39, 0.29) is 18.4 Å². The van der Waals surface area contributed by atoms with Gasteiger partial charge in [0.05, 0.1) is 20.3 Å². The van der Waals surface area contributed by atoms with Crippen LogP contribution < -0.4 is 9.47 Å². The van der Waals surface area contributed by atoms with E-state index in [1.165, 1.54) is 0 Å². The molecule has 7 nitrogen and oxygen atoms in total. The van der Waals surface area contributed by atoms with Gasteiger partial charge in [0, 0.05) is 34.6 Å². The molecule has 0 radical (unpaired) electrons. The number of methoxy groups -OCH3 is 2. The first-order valence-electron chi connectivity index (χ1n) is 12.1. The van der Waals surface area contributed by atoms with Crippen molar-refractivity contribution in [1.29, 1.82) is 0 Å². The van der Waals surface area contributed by atoms with E-state index in [0.717, 1.165) is 33.3 Å². The summed E-state index contributed by atoms with van der Waals surface area (Å²) in [4.78, 5) is 34.6. The van der Waals surface area contributed by atoms with Gasteiger partial charge in [-0.15, -0.1) is 0 Å². The largest absolute Gasteiger partial charge is 0.493 e. The Balaban J connectivity index is 1.41. The molecule has 2 atom stereocenters. The predicted octanol–water partition coefficient (Wildman–Crippen LogP) is 4.72. The Bertz CT molecular complexity index is 1530. The maximum atomic E-state index is 13.9. The number of ether oxygens (including phenoxy) is 2. The van der Waals surface area contributed by atoms with Crippen LogP contribution in [0.25, 0.3) is 10.9 Å². The number of fused-ring (bicyclic) bond motifs is 4. The predicted molar refractivity (Wildman–Crippen MR) is 141 cm³/mol. The van der Waals surface area contributed by atoms with E-state index in [9.17, 15) is 9.59 Å². The minimum atomic E-state index is -0.614. The van der Waals surface area contributed by atoms with Gasteiger partial charge in [0.15, 0.2) is 11.5 Å². The van der Waals surface area contributed by atoms with Crippen molar-refractivity contribution in [2.45, 2.75) is 25.0 Å². The normalized spacial score (nSPS) is 19.1. The van der Waals surface area contributed by atoms with E-state index in [2.05, 4.69) is 11.1 Å². The van der Waals surface area contributed by atoms with E-state index >= 15 is 0 Å². The minimum absolute atomic E-state index is 0.00367. The monoisotopic (exact) mass is 515 g/mol. The van der Waals surface area contributed by atoms with Gasteiger partial charge in [-0.25, -0.2) is 0 Å². The highest BCUT2D eigenvalue weighted by atomic mass is 35.5. The SMILES string of the molecule is COc1ccc(CN2CC(=O)N3C(c4cccc(Cl)c4)c4[nH]c5ccccc5c4C[C@H]3C2=O)cc1OC. The maximum absolute atomic E-state index is 13.9. The van der Waals surface area contributed by atoms with Crippen molar-refractivity contribution >= 4 is 34.3 Å². The molecule has 37 heavy (non-hydrogen) atoms. The highest BCUT2D eigenvalue weighted by Gasteiger charge is 2.48. The van der Waals surface area contributed by atoms with Crippen molar-refractivity contribution in [3.05, 3.63) is 94.1 Å². The zero-order valence-corrected chi connectivity index (χ0v) is 21.3. The fourth-order valence-electron chi connectivity index (χ4n) is 5.68. The third-order valence-corrected chi connectivity index (χ3v) is 7.56. The molecule has 3 heterocycles. The summed E-state index contributed by atoms with van der Waals surface area (Å²) in [5.41, 5.74) is 4.73. The maximum Gasteiger partial charge on any atom is 0.246 e. The van der Waals surface area contributed by atoms with Gasteiger partial charge in [-0.2, -0.15) is 0 Å². The van der Waals surface area contributed by atoms with Gasteiger partial charge in [-0.05, 0) is 47.0 Å². The highest BCUT2D eigenvalue weighted by Crippen LogP contribution is 2.43. The van der Waals surface area contributed by atoms with Crippen LogP contribution in [0.1, 0.15) is 28.4 Å². The number of carbonyl (C=O) groups is 2. The molecular formula is C29H26ClN3O4. The number of rotatable bonds is 5. The lowest BCUT2D eigenvalue weighted by Crippen LogP contribution is -2.62. The lowest BCUT2D eigenvalue weighted by atomic mass is 9.86. The van der Waals surface area contributed by atoms with Crippen molar-refractivity contribution in [2.75, 3.05) is 20.8 Å². The highest BCUT2D eigenvalue weighted by molar-refractivity contribution is 6.30. The van der Waals surface area contributed by atoms with Gasteiger partial charge in [-0.3, -0.25) is 9.59 Å². The average molecular weight is 516 g/mol. The van der Waals surface area contributed by atoms with Gasteiger partial charge in [0.25, 0.3) is 0 Å². The first kappa shape index (κ1) is 23.4. The summed E-state index contributed by atoms with van der Waals surface area (Å²) < 4.78 is 10.8. The van der Waals surface area contributed by atoms with Crippen LogP contribution >= 0.6 is 11.6 Å². The molecule has 2 aliphatic heterocycles. The van der Waals surface area contributed by atoms with Gasteiger partial charge in [0.1, 0.15) is 12.6 Å². The molecular weight excluding hydrogens is 490 g/mol. The average Bonchev–Trinajstić information content (AvgIpc) is 3.28. The first-order chi connectivity index (χ1) is 18.0. The zero-order chi connectivity index (χ0) is 25.7. The number of benzene rings is 3. The molecule has 6 rings (SSSR count). The van der Waals surface area contributed by atoms with Crippen molar-refractivity contribution in [2.24, 2.45) is 0 Å². The number of carbonyl (C=O) groups excluding carboxylic acids is 2. The molecule has 188 valence electrons. The van der Waals surface area contributed by atoms with E-state index in [0.29, 0.717) is 29.5 Å². The second-order valence-corrected chi connectivity index (χ2v) is 9.86. The topological polar surface area (TPSA) is 74.9 Å². The van der Waals surface area contributed by atoms with Crippen molar-refractivity contribution < 1.29 is 19.1 Å². The minimum Gasteiger partial charge on any atom is -0.493 e. The standard InChI is InChI=1S/C29H26ClN3O4/c1-36-24-11-10-17(12-25(24)37-2)15-32-16-26(34)33-23(29(32)35)14-21-20-8-3-4-9-22(20)31-27(21)28(33)18-6-5-7-19(30)13-18/h3-13,23,28,31H,14-16H2,1-2H3/t23-,28?/m0/s1. The number of nitrogens with one attached hydrogen (secondary N) is 1. The van der Waals surface area contributed by atoms with Gasteiger partial charge in [-0.1, -0.05) is 48.0 Å². The summed E-state index contributed by atoms with van der Waals surface area (Å²) in [6, 6.07) is 20.1. The Kier molecular flexibility index (Phi) is 5.80. The Labute approximate surface area is 219 Å². The second-order valence-electron chi connectivity index (χ2n) is 9.42. The Morgan fingerprint density at radius 3 is 2.57 bits per heavy atom. The van der Waals surface area contributed by atoms with Crippen LogP contribution in [0.2, 0.25) is 5.02 Å². The van der Waals surface area contributed by atoms with Crippen molar-refractivity contribution in [3.63, 3.8) is 0 Å². The van der Waals surface area contributed by atoms with Crippen molar-refractivity contribution in [3.8, 4) is 11.5 Å². The van der Waals surface area contributed by atoms with Crippen LogP contribution in [0.3, 0.4) is 0 Å². The van der Waals surface area contributed by atoms with Crippen LogP contribution in [0, 0.1) is 0 Å². The number of halogens is 1. The molecule has 1 N–H and O–H groups in total. The number of hydrogen-bond acceptors (Lipinski definition) is 4. The van der Waals surface area contributed by atoms with Gasteiger partial charge < -0.3 is 24.3 Å². The van der Waals surface area contributed by atoms with Crippen LogP contribution in [0.5, 0.6) is 11.5 Å². The molecule has 0 saturated carbocycles. The number of aromatic amines is 1. The third kappa shape index (κ3) is 3.90. The number of piperazine rings is 1. The fraction of sp³-hybridized carbons (Fsp3) is 0.241. The van der Waals surface area contributed by atoms with Crippen LogP contribution in [-0.2, 0) is 22.6 Å². The lowest BCUT2D eigenvalue weighted by molar-refractivity contribution is -0.159.